The molecule has 0 spiro atoms. The van der Waals surface area contributed by atoms with Gasteiger partial charge >= 0.3 is 12.1 Å². The molecule has 0 saturated heterocycles. The first kappa shape index (κ1) is 32.3. The van der Waals surface area contributed by atoms with E-state index in [1.165, 1.54) is 12.1 Å². The van der Waals surface area contributed by atoms with Crippen LogP contribution >= 0.6 is 15.9 Å². The Kier molecular flexibility index (Phi) is 12.5. The van der Waals surface area contributed by atoms with Gasteiger partial charge in [0.15, 0.2) is 0 Å². The second-order valence-corrected chi connectivity index (χ2v) is 10.5. The first-order valence-corrected chi connectivity index (χ1v) is 14.2. The van der Waals surface area contributed by atoms with Crippen LogP contribution in [0.5, 0.6) is 5.75 Å². The minimum absolute atomic E-state index is 0.0248. The monoisotopic (exact) mass is 639 g/mol. The van der Waals surface area contributed by atoms with Gasteiger partial charge in [0.1, 0.15) is 24.4 Å². The van der Waals surface area contributed by atoms with Crippen molar-refractivity contribution >= 4 is 39.9 Å². The maximum atomic E-state index is 13.1. The van der Waals surface area contributed by atoms with Crippen molar-refractivity contribution in [1.82, 2.24) is 10.6 Å². The number of amides is 2. The summed E-state index contributed by atoms with van der Waals surface area (Å²) in [5.74, 6) is -2.05. The number of carboxylic acid groups (broad SMARTS) is 1. The molecule has 0 fully saturated rings. The SMILES string of the molecule is Cc1ccc(C(=O)N[C@@H](CCCCN)C(=O)N[C@@H](Cc2ccc(OC(=O)OCc3ccccc3Br)cc2)C(=O)O)cc1. The zero-order chi connectivity index (χ0) is 30.5. The van der Waals surface area contributed by atoms with Crippen molar-refractivity contribution in [3.63, 3.8) is 0 Å². The molecule has 2 amide bonds. The number of unbranched alkanes of at least 4 members (excludes halogenated alkanes) is 1. The van der Waals surface area contributed by atoms with E-state index < -0.39 is 36.0 Å². The molecule has 3 aromatic carbocycles. The molecule has 3 rings (SSSR count). The van der Waals surface area contributed by atoms with Crippen LogP contribution in [0.4, 0.5) is 4.79 Å². The van der Waals surface area contributed by atoms with E-state index in [2.05, 4.69) is 26.6 Å². The molecule has 0 heterocycles. The largest absolute Gasteiger partial charge is 0.514 e. The molecule has 0 aliphatic heterocycles. The van der Waals surface area contributed by atoms with Crippen LogP contribution in [0, 0.1) is 6.92 Å². The van der Waals surface area contributed by atoms with E-state index >= 15 is 0 Å². The number of rotatable bonds is 14. The van der Waals surface area contributed by atoms with Crippen molar-refractivity contribution in [2.45, 2.75) is 51.3 Å². The predicted molar refractivity (Wildman–Crippen MR) is 160 cm³/mol. The Morgan fingerprint density at radius 3 is 2.24 bits per heavy atom. The van der Waals surface area contributed by atoms with Gasteiger partial charge in [0.05, 0.1) is 0 Å². The molecule has 0 radical (unpaired) electrons. The molecule has 222 valence electrons. The number of nitrogens with two attached hydrogens (primary N) is 1. The highest BCUT2D eigenvalue weighted by molar-refractivity contribution is 9.10. The fourth-order valence-electron chi connectivity index (χ4n) is 3.99. The Labute approximate surface area is 252 Å². The second-order valence-electron chi connectivity index (χ2n) is 9.66. The minimum atomic E-state index is -1.26. The number of nitrogens with one attached hydrogen (secondary N) is 2. The lowest BCUT2D eigenvalue weighted by Gasteiger charge is -2.22. The van der Waals surface area contributed by atoms with Gasteiger partial charge in [-0.2, -0.15) is 0 Å². The lowest BCUT2D eigenvalue weighted by atomic mass is 10.0. The molecule has 2 atom stereocenters. The highest BCUT2D eigenvalue weighted by Gasteiger charge is 2.27. The molecule has 0 aromatic heterocycles. The molecule has 0 unspecified atom stereocenters. The number of halogens is 1. The molecule has 11 heteroatoms. The zero-order valence-corrected chi connectivity index (χ0v) is 24.8. The van der Waals surface area contributed by atoms with Crippen LogP contribution in [0.2, 0.25) is 0 Å². The van der Waals surface area contributed by atoms with Crippen LogP contribution in [0.3, 0.4) is 0 Å². The molecule has 0 bridgehead atoms. The molecule has 42 heavy (non-hydrogen) atoms. The maximum Gasteiger partial charge on any atom is 0.514 e. The summed E-state index contributed by atoms with van der Waals surface area (Å²) in [6.07, 6.45) is 0.610. The van der Waals surface area contributed by atoms with Gasteiger partial charge in [-0.15, -0.1) is 0 Å². The van der Waals surface area contributed by atoms with Crippen LogP contribution in [0.15, 0.2) is 77.3 Å². The van der Waals surface area contributed by atoms with Gasteiger partial charge in [0.2, 0.25) is 5.91 Å². The van der Waals surface area contributed by atoms with E-state index in [0.717, 1.165) is 15.6 Å². The standard InChI is InChI=1S/C31H34BrN3O7/c1-20-9-13-22(14-10-20)28(36)34-26(8-4-5-17-33)29(37)35-27(30(38)39)18-21-11-15-24(16-12-21)42-31(40)41-19-23-6-2-3-7-25(23)32/h2-3,6-7,9-16,26-27H,4-5,8,17-19,33H2,1H3,(H,34,36)(H,35,37)(H,38,39)/t26-,27-/m0/s1. The average Bonchev–Trinajstić information content (AvgIpc) is 2.97. The van der Waals surface area contributed by atoms with Crippen LogP contribution in [-0.4, -0.2) is 47.7 Å². The summed E-state index contributed by atoms with van der Waals surface area (Å²) in [5.41, 5.74) is 8.33. The summed E-state index contributed by atoms with van der Waals surface area (Å²) >= 11 is 3.39. The van der Waals surface area contributed by atoms with Crippen molar-refractivity contribution in [2.75, 3.05) is 6.54 Å². The second kappa shape index (κ2) is 16.3. The third-order valence-electron chi connectivity index (χ3n) is 6.36. The van der Waals surface area contributed by atoms with Crippen LogP contribution in [0.1, 0.15) is 46.3 Å². The number of benzene rings is 3. The highest BCUT2D eigenvalue weighted by atomic mass is 79.9. The Hall–Kier alpha value is -4.22. The summed E-state index contributed by atoms with van der Waals surface area (Å²) in [5, 5.41) is 15.1. The molecule has 0 saturated carbocycles. The van der Waals surface area contributed by atoms with Crippen LogP contribution in [0.25, 0.3) is 0 Å². The minimum Gasteiger partial charge on any atom is -0.480 e. The van der Waals surface area contributed by atoms with Crippen LogP contribution < -0.4 is 21.1 Å². The van der Waals surface area contributed by atoms with Crippen molar-refractivity contribution in [3.8, 4) is 5.75 Å². The quantitative estimate of drug-likeness (QED) is 0.114. The Morgan fingerprint density at radius 1 is 0.905 bits per heavy atom. The number of aliphatic carboxylic acids is 1. The van der Waals surface area contributed by atoms with E-state index in [1.54, 1.807) is 36.4 Å². The highest BCUT2D eigenvalue weighted by Crippen LogP contribution is 2.18. The lowest BCUT2D eigenvalue weighted by Crippen LogP contribution is -2.52. The van der Waals surface area contributed by atoms with Crippen molar-refractivity contribution in [3.05, 3.63) is 99.5 Å². The number of hydrogen-bond donors (Lipinski definition) is 4. The topological polar surface area (TPSA) is 157 Å². The van der Waals surface area contributed by atoms with Crippen molar-refractivity contribution < 1.29 is 33.8 Å². The predicted octanol–water partition coefficient (Wildman–Crippen LogP) is 4.51. The smallest absolute Gasteiger partial charge is 0.480 e. The Morgan fingerprint density at radius 2 is 1.60 bits per heavy atom. The van der Waals surface area contributed by atoms with Crippen molar-refractivity contribution in [2.24, 2.45) is 5.73 Å². The molecule has 0 aliphatic carbocycles. The third kappa shape index (κ3) is 10.3. The third-order valence-corrected chi connectivity index (χ3v) is 7.14. The number of ether oxygens (including phenoxy) is 2. The van der Waals surface area contributed by atoms with Gasteiger partial charge < -0.3 is 30.9 Å². The summed E-state index contributed by atoms with van der Waals surface area (Å²) in [4.78, 5) is 50.0. The van der Waals surface area contributed by atoms with E-state index in [0.29, 0.717) is 36.9 Å². The van der Waals surface area contributed by atoms with Gasteiger partial charge in [0.25, 0.3) is 5.91 Å². The maximum absolute atomic E-state index is 13.1. The molecular weight excluding hydrogens is 606 g/mol. The molecule has 5 N–H and O–H groups in total. The van der Waals surface area contributed by atoms with Crippen molar-refractivity contribution in [1.29, 1.82) is 0 Å². The lowest BCUT2D eigenvalue weighted by molar-refractivity contribution is -0.142. The summed E-state index contributed by atoms with van der Waals surface area (Å²) < 4.78 is 11.1. The van der Waals surface area contributed by atoms with E-state index in [4.69, 9.17) is 15.2 Å². The van der Waals surface area contributed by atoms with Gasteiger partial charge in [-0.1, -0.05) is 64.0 Å². The number of aryl methyl sites for hydroxylation is 1. The van der Waals surface area contributed by atoms with Crippen LogP contribution in [-0.2, 0) is 27.4 Å². The summed E-state index contributed by atoms with van der Waals surface area (Å²) in [7, 11) is 0. The number of carbonyl (C=O) groups is 4. The van der Waals surface area contributed by atoms with E-state index in [-0.39, 0.29) is 18.8 Å². The number of hydrogen-bond acceptors (Lipinski definition) is 7. The summed E-state index contributed by atoms with van der Waals surface area (Å²) in [6.45, 7) is 2.36. The van der Waals surface area contributed by atoms with Gasteiger partial charge in [0, 0.05) is 22.0 Å². The Balaban J connectivity index is 1.59. The normalized spacial score (nSPS) is 12.1. The molecule has 10 nitrogen and oxygen atoms in total. The fourth-order valence-corrected chi connectivity index (χ4v) is 4.39. The molecular formula is C31H34BrN3O7. The first-order chi connectivity index (χ1) is 20.2. The summed E-state index contributed by atoms with van der Waals surface area (Å²) in [6, 6.07) is 18.2. The molecule has 3 aromatic rings. The number of carbonyl (C=O) groups excluding carboxylic acids is 3. The molecule has 0 aliphatic rings. The fraction of sp³-hybridized carbons (Fsp3) is 0.290. The van der Waals surface area contributed by atoms with Gasteiger partial charge in [-0.05, 0) is 68.6 Å². The van der Waals surface area contributed by atoms with Gasteiger partial charge in [-0.3, -0.25) is 9.59 Å². The van der Waals surface area contributed by atoms with Gasteiger partial charge in [-0.25, -0.2) is 9.59 Å². The first-order valence-electron chi connectivity index (χ1n) is 13.4. The van der Waals surface area contributed by atoms with E-state index in [1.807, 2.05) is 31.2 Å². The average molecular weight is 641 g/mol. The Bertz CT molecular complexity index is 1360. The zero-order valence-electron chi connectivity index (χ0n) is 23.2. The van der Waals surface area contributed by atoms with E-state index in [9.17, 15) is 24.3 Å². The number of carboxylic acids is 1.